The number of amides is 2. The lowest BCUT2D eigenvalue weighted by atomic mass is 10.1. The van der Waals surface area contributed by atoms with Crippen LogP contribution in [0.15, 0.2) is 66.0 Å². The predicted octanol–water partition coefficient (Wildman–Crippen LogP) is 4.23. The summed E-state index contributed by atoms with van der Waals surface area (Å²) in [7, 11) is 1.58. The number of halogens is 1. The largest absolute Gasteiger partial charge is 0.497 e. The van der Waals surface area contributed by atoms with E-state index in [-0.39, 0.29) is 36.5 Å². The molecule has 0 saturated carbocycles. The van der Waals surface area contributed by atoms with E-state index in [0.717, 1.165) is 10.4 Å². The van der Waals surface area contributed by atoms with Gasteiger partial charge in [0.15, 0.2) is 0 Å². The van der Waals surface area contributed by atoms with E-state index in [4.69, 9.17) is 4.74 Å². The van der Waals surface area contributed by atoms with Crippen molar-refractivity contribution < 1.29 is 18.7 Å². The number of carbonyl (C=O) groups excluding carboxylic acids is 2. The Morgan fingerprint density at radius 1 is 1.11 bits per heavy atom. The molecular formula is C27H29FN6O3S. The summed E-state index contributed by atoms with van der Waals surface area (Å²) in [5.74, 6) is -0.0859. The lowest BCUT2D eigenvalue weighted by Crippen LogP contribution is -2.49. The van der Waals surface area contributed by atoms with E-state index >= 15 is 0 Å². The quantitative estimate of drug-likeness (QED) is 0.343. The van der Waals surface area contributed by atoms with Crippen LogP contribution in [0.25, 0.3) is 11.4 Å². The number of aromatic nitrogens is 4. The molecule has 0 radical (unpaired) electrons. The second-order valence-electron chi connectivity index (χ2n) is 9.68. The first-order valence-electron chi connectivity index (χ1n) is 11.9. The Hall–Kier alpha value is -4.12. The SMILES string of the molecule is COc1ccc(CN(C(=O)Cn2nnc(-c3ccc(F)cc3)n2)[C@H](C(=O)NC(C)(C)C)c2cccs2)cc1. The van der Waals surface area contributed by atoms with Gasteiger partial charge in [0, 0.05) is 22.5 Å². The van der Waals surface area contributed by atoms with Crippen molar-refractivity contribution in [3.63, 3.8) is 0 Å². The van der Waals surface area contributed by atoms with E-state index in [0.29, 0.717) is 11.3 Å². The Morgan fingerprint density at radius 3 is 2.42 bits per heavy atom. The van der Waals surface area contributed by atoms with E-state index in [1.54, 1.807) is 19.2 Å². The van der Waals surface area contributed by atoms with Crippen molar-refractivity contribution in [3.8, 4) is 17.1 Å². The van der Waals surface area contributed by atoms with Crippen LogP contribution in [0, 0.1) is 5.82 Å². The zero-order valence-electron chi connectivity index (χ0n) is 21.6. The van der Waals surface area contributed by atoms with E-state index in [1.165, 1.54) is 45.3 Å². The van der Waals surface area contributed by atoms with Crippen molar-refractivity contribution in [3.05, 3.63) is 82.3 Å². The molecule has 38 heavy (non-hydrogen) atoms. The fraction of sp³-hybridized carbons (Fsp3) is 0.296. The van der Waals surface area contributed by atoms with E-state index in [2.05, 4.69) is 20.7 Å². The first-order chi connectivity index (χ1) is 18.1. The van der Waals surface area contributed by atoms with Gasteiger partial charge < -0.3 is 15.0 Å². The van der Waals surface area contributed by atoms with E-state index in [1.807, 2.05) is 50.4 Å². The highest BCUT2D eigenvalue weighted by Gasteiger charge is 2.34. The molecule has 2 heterocycles. The Morgan fingerprint density at radius 2 is 1.82 bits per heavy atom. The first kappa shape index (κ1) is 26.9. The van der Waals surface area contributed by atoms with Gasteiger partial charge in [-0.1, -0.05) is 18.2 Å². The second kappa shape index (κ2) is 11.5. The van der Waals surface area contributed by atoms with Crippen LogP contribution >= 0.6 is 11.3 Å². The van der Waals surface area contributed by atoms with Gasteiger partial charge in [-0.2, -0.15) is 4.80 Å². The molecule has 0 unspecified atom stereocenters. The molecule has 4 aromatic rings. The molecule has 1 N–H and O–H groups in total. The highest BCUT2D eigenvalue weighted by atomic mass is 32.1. The molecule has 1 atom stereocenters. The number of rotatable bonds is 9. The van der Waals surface area contributed by atoms with Gasteiger partial charge in [-0.25, -0.2) is 4.39 Å². The maximum atomic E-state index is 13.8. The molecule has 0 fully saturated rings. The number of benzene rings is 2. The Kier molecular flexibility index (Phi) is 8.16. The number of tetrazole rings is 1. The lowest BCUT2D eigenvalue weighted by Gasteiger charge is -2.33. The molecule has 4 rings (SSSR count). The van der Waals surface area contributed by atoms with Gasteiger partial charge in [0.2, 0.25) is 17.6 Å². The molecule has 2 aromatic carbocycles. The number of hydrogen-bond donors (Lipinski definition) is 1. The van der Waals surface area contributed by atoms with Gasteiger partial charge in [-0.3, -0.25) is 9.59 Å². The minimum atomic E-state index is -0.871. The molecule has 0 spiro atoms. The summed E-state index contributed by atoms with van der Waals surface area (Å²) in [6.45, 7) is 5.60. The van der Waals surface area contributed by atoms with Crippen molar-refractivity contribution in [1.82, 2.24) is 30.4 Å². The summed E-state index contributed by atoms with van der Waals surface area (Å²) in [4.78, 5) is 30.8. The Bertz CT molecular complexity index is 1370. The molecule has 11 heteroatoms. The van der Waals surface area contributed by atoms with Crippen LogP contribution in [0.5, 0.6) is 5.75 Å². The lowest BCUT2D eigenvalue weighted by molar-refractivity contribution is -0.143. The summed E-state index contributed by atoms with van der Waals surface area (Å²) >= 11 is 1.40. The van der Waals surface area contributed by atoms with Crippen LogP contribution in [-0.4, -0.2) is 49.6 Å². The van der Waals surface area contributed by atoms with Crippen LogP contribution in [0.2, 0.25) is 0 Å². The summed E-state index contributed by atoms with van der Waals surface area (Å²) < 4.78 is 18.6. The van der Waals surface area contributed by atoms with Gasteiger partial charge in [-0.05, 0) is 79.4 Å². The molecule has 2 aromatic heterocycles. The number of thiophene rings is 1. The number of methoxy groups -OCH3 is 1. The maximum absolute atomic E-state index is 13.8. The maximum Gasteiger partial charge on any atom is 0.248 e. The molecular weight excluding hydrogens is 507 g/mol. The van der Waals surface area contributed by atoms with Crippen LogP contribution in [0.4, 0.5) is 4.39 Å². The fourth-order valence-corrected chi connectivity index (χ4v) is 4.63. The van der Waals surface area contributed by atoms with E-state index in [9.17, 15) is 14.0 Å². The van der Waals surface area contributed by atoms with Crippen molar-refractivity contribution >= 4 is 23.2 Å². The number of carbonyl (C=O) groups is 2. The Balaban J connectivity index is 1.65. The van der Waals surface area contributed by atoms with Crippen LogP contribution in [0.1, 0.15) is 37.3 Å². The third-order valence-corrected chi connectivity index (χ3v) is 6.46. The first-order valence-corrected chi connectivity index (χ1v) is 12.8. The van der Waals surface area contributed by atoms with Gasteiger partial charge in [0.1, 0.15) is 24.2 Å². The molecule has 0 aliphatic carbocycles. The van der Waals surface area contributed by atoms with Gasteiger partial charge in [-0.15, -0.1) is 21.5 Å². The minimum absolute atomic E-state index is 0.169. The normalized spacial score (nSPS) is 12.1. The van der Waals surface area contributed by atoms with Crippen LogP contribution in [0.3, 0.4) is 0 Å². The zero-order chi connectivity index (χ0) is 27.3. The summed E-state index contributed by atoms with van der Waals surface area (Å²) in [5, 5.41) is 17.2. The third-order valence-electron chi connectivity index (χ3n) is 5.54. The molecule has 0 aliphatic heterocycles. The monoisotopic (exact) mass is 536 g/mol. The molecule has 9 nitrogen and oxygen atoms in total. The van der Waals surface area contributed by atoms with Gasteiger partial charge >= 0.3 is 0 Å². The highest BCUT2D eigenvalue weighted by Crippen LogP contribution is 2.29. The second-order valence-corrected chi connectivity index (χ2v) is 10.7. The van der Waals surface area contributed by atoms with Crippen molar-refractivity contribution in [2.45, 2.75) is 45.4 Å². The van der Waals surface area contributed by atoms with Crippen LogP contribution in [-0.2, 0) is 22.7 Å². The highest BCUT2D eigenvalue weighted by molar-refractivity contribution is 7.10. The summed E-state index contributed by atoms with van der Waals surface area (Å²) in [6.07, 6.45) is 0. The molecule has 198 valence electrons. The van der Waals surface area contributed by atoms with E-state index < -0.39 is 11.6 Å². The molecule has 2 amide bonds. The zero-order valence-corrected chi connectivity index (χ0v) is 22.4. The number of nitrogens with one attached hydrogen (secondary N) is 1. The van der Waals surface area contributed by atoms with Gasteiger partial charge in [0.25, 0.3) is 0 Å². The summed E-state index contributed by atoms with van der Waals surface area (Å²) in [5.41, 5.74) is 0.892. The smallest absolute Gasteiger partial charge is 0.248 e. The van der Waals surface area contributed by atoms with Crippen molar-refractivity contribution in [1.29, 1.82) is 0 Å². The molecule has 0 aliphatic rings. The average Bonchev–Trinajstić information content (AvgIpc) is 3.56. The third kappa shape index (κ3) is 6.80. The van der Waals surface area contributed by atoms with Crippen molar-refractivity contribution in [2.24, 2.45) is 0 Å². The van der Waals surface area contributed by atoms with Crippen molar-refractivity contribution in [2.75, 3.05) is 7.11 Å². The van der Waals surface area contributed by atoms with Crippen LogP contribution < -0.4 is 10.1 Å². The Labute approximate surface area is 224 Å². The molecule has 0 bridgehead atoms. The average molecular weight is 537 g/mol. The number of nitrogens with zero attached hydrogens (tertiary/aromatic N) is 5. The minimum Gasteiger partial charge on any atom is -0.497 e. The summed E-state index contributed by atoms with van der Waals surface area (Å²) in [6, 6.07) is 15.8. The topological polar surface area (TPSA) is 102 Å². The number of hydrogen-bond acceptors (Lipinski definition) is 7. The fourth-order valence-electron chi connectivity index (χ4n) is 3.80. The standard InChI is InChI=1S/C27H29FN6O3S/c1-27(2,3)29-26(36)24(22-6-5-15-38-22)33(16-18-7-13-21(37-4)14-8-18)23(35)17-34-31-25(30-32-34)19-9-11-20(28)12-10-19/h5-15,24H,16-17H2,1-4H3,(H,29,36)/t24-/m0/s1. The molecule has 0 saturated heterocycles. The van der Waals surface area contributed by atoms with Gasteiger partial charge in [0.05, 0.1) is 7.11 Å². The predicted molar refractivity (Wildman–Crippen MR) is 142 cm³/mol. The number of ether oxygens (including phenoxy) is 1.